The molecule has 0 atom stereocenters. The third-order valence-electron chi connectivity index (χ3n) is 2.27. The number of benzene rings is 1. The molecule has 0 radical (unpaired) electrons. The van der Waals surface area contributed by atoms with Crippen LogP contribution in [0.3, 0.4) is 0 Å². The zero-order valence-electron chi connectivity index (χ0n) is 10.5. The molecule has 0 amide bonds. The molecule has 0 saturated carbocycles. The van der Waals surface area contributed by atoms with Gasteiger partial charge < -0.3 is 10.1 Å². The number of ether oxygens (including phenoxy) is 1. The number of aromatic nitrogens is 2. The van der Waals surface area contributed by atoms with E-state index in [0.29, 0.717) is 0 Å². The third kappa shape index (κ3) is 4.12. The van der Waals surface area contributed by atoms with E-state index >= 15 is 0 Å². The first-order valence-corrected chi connectivity index (χ1v) is 6.31. The summed E-state index contributed by atoms with van der Waals surface area (Å²) < 4.78 is 43.4. The van der Waals surface area contributed by atoms with Crippen molar-refractivity contribution in [1.29, 1.82) is 0 Å². The van der Waals surface area contributed by atoms with Crippen LogP contribution in [0.1, 0.15) is 5.82 Å². The molecule has 0 saturated heterocycles. The minimum absolute atomic E-state index is 0.0274. The molecule has 0 unspecified atom stereocenters. The molecule has 0 bridgehead atoms. The Labute approximate surface area is 127 Å². The monoisotopic (exact) mass is 337 g/mol. The van der Waals surface area contributed by atoms with Crippen molar-refractivity contribution in [2.75, 3.05) is 12.4 Å². The maximum Gasteiger partial charge on any atom is 0.451 e. The molecular formula is C12H8Cl2F3N3O. The van der Waals surface area contributed by atoms with Crippen LogP contribution in [0.5, 0.6) is 11.6 Å². The first kappa shape index (κ1) is 15.7. The Kier molecular flexibility index (Phi) is 4.43. The van der Waals surface area contributed by atoms with Gasteiger partial charge in [-0.05, 0) is 18.2 Å². The highest BCUT2D eigenvalue weighted by Gasteiger charge is 2.35. The third-order valence-corrected chi connectivity index (χ3v) is 2.71. The second-order valence-corrected chi connectivity index (χ2v) is 4.74. The number of halogens is 5. The van der Waals surface area contributed by atoms with Gasteiger partial charge in [0.05, 0.1) is 0 Å². The lowest BCUT2D eigenvalue weighted by Crippen LogP contribution is -2.12. The molecule has 0 fully saturated rings. The molecule has 0 aliphatic heterocycles. The molecule has 0 aliphatic rings. The van der Waals surface area contributed by atoms with E-state index in [-0.39, 0.29) is 27.5 Å². The average Bonchev–Trinajstić information content (AvgIpc) is 2.36. The highest BCUT2D eigenvalue weighted by atomic mass is 35.5. The molecule has 2 rings (SSSR count). The predicted molar refractivity (Wildman–Crippen MR) is 73.1 cm³/mol. The molecule has 4 nitrogen and oxygen atoms in total. The Morgan fingerprint density at radius 3 is 2.19 bits per heavy atom. The minimum atomic E-state index is -4.68. The summed E-state index contributed by atoms with van der Waals surface area (Å²) in [5.41, 5.74) is 0. The van der Waals surface area contributed by atoms with Crippen molar-refractivity contribution in [2.24, 2.45) is 0 Å². The van der Waals surface area contributed by atoms with E-state index in [2.05, 4.69) is 15.3 Å². The number of anilines is 1. The number of hydrogen-bond donors (Lipinski definition) is 1. The van der Waals surface area contributed by atoms with E-state index < -0.39 is 12.0 Å². The average molecular weight is 338 g/mol. The highest BCUT2D eigenvalue weighted by Crippen LogP contribution is 2.32. The Morgan fingerprint density at radius 2 is 1.67 bits per heavy atom. The van der Waals surface area contributed by atoms with Gasteiger partial charge in [0.1, 0.15) is 11.6 Å². The van der Waals surface area contributed by atoms with Crippen LogP contribution in [0.25, 0.3) is 0 Å². The lowest BCUT2D eigenvalue weighted by atomic mass is 10.3. The van der Waals surface area contributed by atoms with Crippen molar-refractivity contribution in [3.05, 3.63) is 40.1 Å². The van der Waals surface area contributed by atoms with E-state index in [1.807, 2.05) is 0 Å². The minimum Gasteiger partial charge on any atom is -0.439 e. The molecule has 9 heteroatoms. The van der Waals surface area contributed by atoms with Crippen LogP contribution in [0, 0.1) is 0 Å². The SMILES string of the molecule is CNc1cc(Oc2cc(Cl)cc(Cl)c2)nc(C(F)(F)F)n1. The molecule has 1 aromatic carbocycles. The summed E-state index contributed by atoms with van der Waals surface area (Å²) in [6.07, 6.45) is -4.68. The van der Waals surface area contributed by atoms with Gasteiger partial charge in [-0.3, -0.25) is 0 Å². The largest absolute Gasteiger partial charge is 0.451 e. The zero-order chi connectivity index (χ0) is 15.6. The number of hydrogen-bond acceptors (Lipinski definition) is 4. The summed E-state index contributed by atoms with van der Waals surface area (Å²) in [5.74, 6) is -1.45. The van der Waals surface area contributed by atoms with Gasteiger partial charge in [0, 0.05) is 23.2 Å². The van der Waals surface area contributed by atoms with Crippen LogP contribution in [0.2, 0.25) is 10.0 Å². The maximum absolute atomic E-state index is 12.7. The van der Waals surface area contributed by atoms with Crippen LogP contribution >= 0.6 is 23.2 Å². The molecule has 2 aromatic rings. The van der Waals surface area contributed by atoms with E-state index in [0.717, 1.165) is 0 Å². The fraction of sp³-hybridized carbons (Fsp3) is 0.167. The molecule has 21 heavy (non-hydrogen) atoms. The summed E-state index contributed by atoms with van der Waals surface area (Å²) in [5, 5.41) is 3.08. The van der Waals surface area contributed by atoms with Crippen molar-refractivity contribution >= 4 is 29.0 Å². The van der Waals surface area contributed by atoms with Crippen LogP contribution in [0.4, 0.5) is 19.0 Å². The fourth-order valence-corrected chi connectivity index (χ4v) is 1.95. The van der Waals surface area contributed by atoms with Crippen molar-refractivity contribution in [1.82, 2.24) is 9.97 Å². The summed E-state index contributed by atoms with van der Waals surface area (Å²) >= 11 is 11.6. The van der Waals surface area contributed by atoms with Crippen LogP contribution < -0.4 is 10.1 Å². The van der Waals surface area contributed by atoms with Crippen molar-refractivity contribution in [3.8, 4) is 11.6 Å². The molecule has 1 aromatic heterocycles. The first-order chi connectivity index (χ1) is 9.77. The summed E-state index contributed by atoms with van der Waals surface area (Å²) in [6.45, 7) is 0. The van der Waals surface area contributed by atoms with Gasteiger partial charge in [-0.1, -0.05) is 23.2 Å². The second kappa shape index (κ2) is 5.95. The van der Waals surface area contributed by atoms with Gasteiger partial charge in [-0.25, -0.2) is 4.98 Å². The smallest absolute Gasteiger partial charge is 0.439 e. The summed E-state index contributed by atoms with van der Waals surface area (Å²) in [7, 11) is 1.43. The summed E-state index contributed by atoms with van der Waals surface area (Å²) in [6, 6.07) is 5.50. The van der Waals surface area contributed by atoms with Crippen molar-refractivity contribution in [2.45, 2.75) is 6.18 Å². The van der Waals surface area contributed by atoms with Gasteiger partial charge >= 0.3 is 6.18 Å². The topological polar surface area (TPSA) is 47.0 Å². The molecule has 112 valence electrons. The number of nitrogens with zero attached hydrogens (tertiary/aromatic N) is 2. The predicted octanol–water partition coefficient (Wildman–Crippen LogP) is 4.64. The Balaban J connectivity index is 2.39. The number of alkyl halides is 3. The van der Waals surface area contributed by atoms with Crippen LogP contribution in [0.15, 0.2) is 24.3 Å². The normalized spacial score (nSPS) is 11.3. The second-order valence-electron chi connectivity index (χ2n) is 3.87. The molecule has 0 aliphatic carbocycles. The molecular weight excluding hydrogens is 330 g/mol. The zero-order valence-corrected chi connectivity index (χ0v) is 12.0. The van der Waals surface area contributed by atoms with E-state index in [1.54, 1.807) is 0 Å². The number of nitrogens with one attached hydrogen (secondary N) is 1. The quantitative estimate of drug-likeness (QED) is 0.886. The maximum atomic E-state index is 12.7. The van der Waals surface area contributed by atoms with Gasteiger partial charge in [-0.2, -0.15) is 18.2 Å². The molecule has 0 spiro atoms. The van der Waals surface area contributed by atoms with Crippen LogP contribution in [-0.2, 0) is 6.18 Å². The Hall–Kier alpha value is -1.73. The molecule has 1 heterocycles. The summed E-state index contributed by atoms with van der Waals surface area (Å²) in [4.78, 5) is 6.64. The standard InChI is InChI=1S/C12H8Cl2F3N3O/c1-18-9-5-10(20-11(19-9)12(15,16)17)21-8-3-6(13)2-7(14)4-8/h2-5H,1H3,(H,18,19,20). The van der Waals surface area contributed by atoms with E-state index in [9.17, 15) is 13.2 Å². The van der Waals surface area contributed by atoms with Gasteiger partial charge in [0.15, 0.2) is 0 Å². The first-order valence-electron chi connectivity index (χ1n) is 5.56. The van der Waals surface area contributed by atoms with E-state index in [4.69, 9.17) is 27.9 Å². The highest BCUT2D eigenvalue weighted by molar-refractivity contribution is 6.34. The van der Waals surface area contributed by atoms with Gasteiger partial charge in [0.2, 0.25) is 11.7 Å². The molecule has 1 N–H and O–H groups in total. The van der Waals surface area contributed by atoms with E-state index in [1.165, 1.54) is 31.3 Å². The fourth-order valence-electron chi connectivity index (χ4n) is 1.44. The number of rotatable bonds is 3. The Bertz CT molecular complexity index is 644. The Morgan fingerprint density at radius 1 is 1.05 bits per heavy atom. The van der Waals surface area contributed by atoms with Crippen LogP contribution in [-0.4, -0.2) is 17.0 Å². The lowest BCUT2D eigenvalue weighted by molar-refractivity contribution is -0.145. The lowest BCUT2D eigenvalue weighted by Gasteiger charge is -2.11. The van der Waals surface area contributed by atoms with Gasteiger partial charge in [-0.15, -0.1) is 0 Å². The van der Waals surface area contributed by atoms with Crippen molar-refractivity contribution in [3.63, 3.8) is 0 Å². The van der Waals surface area contributed by atoms with Crippen molar-refractivity contribution < 1.29 is 17.9 Å². The van der Waals surface area contributed by atoms with Gasteiger partial charge in [0.25, 0.3) is 0 Å².